The Morgan fingerprint density at radius 3 is 2.47 bits per heavy atom. The first-order chi connectivity index (χ1) is 15.5. The summed E-state index contributed by atoms with van der Waals surface area (Å²) in [7, 11) is 0. The average Bonchev–Trinajstić information content (AvgIpc) is 2.80. The largest absolute Gasteiger partial charge is 0.423 e. The Kier molecular flexibility index (Phi) is 8.85. The predicted molar refractivity (Wildman–Crippen MR) is 125 cm³/mol. The summed E-state index contributed by atoms with van der Waals surface area (Å²) in [6.07, 6.45) is 11.9. The number of unbranched alkanes of at least 4 members (excludes halogenated alkanes) is 2. The van der Waals surface area contributed by atoms with Crippen LogP contribution in [-0.2, 0) is 6.42 Å². The lowest BCUT2D eigenvalue weighted by atomic mass is 9.73. The first-order valence-corrected chi connectivity index (χ1v) is 12.0. The molecule has 2 aromatic rings. The van der Waals surface area contributed by atoms with Crippen LogP contribution in [0.25, 0.3) is 0 Å². The van der Waals surface area contributed by atoms with Gasteiger partial charge in [-0.05, 0) is 66.8 Å². The van der Waals surface area contributed by atoms with Gasteiger partial charge < -0.3 is 4.74 Å². The van der Waals surface area contributed by atoms with Crippen LogP contribution in [0, 0.1) is 34.9 Å². The highest BCUT2D eigenvalue weighted by Gasteiger charge is 2.25. The molecule has 1 aliphatic rings. The van der Waals surface area contributed by atoms with E-state index in [-0.39, 0.29) is 11.3 Å². The minimum atomic E-state index is -0.697. The number of rotatable bonds is 9. The van der Waals surface area contributed by atoms with E-state index in [9.17, 15) is 9.18 Å². The van der Waals surface area contributed by atoms with Crippen LogP contribution in [0.4, 0.5) is 4.39 Å². The molecule has 0 amide bonds. The highest BCUT2D eigenvalue weighted by Crippen LogP contribution is 2.36. The Hall–Kier alpha value is -2.67. The van der Waals surface area contributed by atoms with Crippen molar-refractivity contribution in [3.8, 4) is 11.8 Å². The molecule has 1 unspecified atom stereocenters. The molecule has 170 valence electrons. The Bertz CT molecular complexity index is 923. The number of ether oxygens (including phenoxy) is 1. The lowest BCUT2D eigenvalue weighted by Crippen LogP contribution is -2.21. The maximum atomic E-state index is 13.7. The molecule has 0 aromatic heterocycles. The molecule has 3 nitrogen and oxygen atoms in total. The third-order valence-corrected chi connectivity index (χ3v) is 6.93. The summed E-state index contributed by atoms with van der Waals surface area (Å²) < 4.78 is 19.0. The first-order valence-electron chi connectivity index (χ1n) is 12.0. The first kappa shape index (κ1) is 24.0. The van der Waals surface area contributed by atoms with E-state index in [1.807, 2.05) is 12.1 Å². The molecule has 0 aliphatic heterocycles. The number of hydrogen-bond acceptors (Lipinski definition) is 3. The van der Waals surface area contributed by atoms with Crippen LogP contribution >= 0.6 is 0 Å². The van der Waals surface area contributed by atoms with Crippen molar-refractivity contribution in [1.82, 2.24) is 0 Å². The van der Waals surface area contributed by atoms with E-state index in [0.717, 1.165) is 24.3 Å². The molecule has 0 heterocycles. The number of hydrogen-bond donors (Lipinski definition) is 0. The topological polar surface area (TPSA) is 50.1 Å². The van der Waals surface area contributed by atoms with E-state index >= 15 is 0 Å². The minimum absolute atomic E-state index is 0.0757. The maximum absolute atomic E-state index is 13.7. The second-order valence-corrected chi connectivity index (χ2v) is 9.30. The number of esters is 1. The SMILES string of the molecule is CCCCCC1CCC(C(C)Cc2ccc(C(=O)Oc3ccc(C#N)c(F)c3)cc2)CC1. The van der Waals surface area contributed by atoms with E-state index in [4.69, 9.17) is 10.00 Å². The summed E-state index contributed by atoms with van der Waals surface area (Å²) in [5, 5.41) is 8.79. The summed E-state index contributed by atoms with van der Waals surface area (Å²) in [6.45, 7) is 4.62. The van der Waals surface area contributed by atoms with E-state index in [1.165, 1.54) is 69.1 Å². The fraction of sp³-hybridized carbons (Fsp3) is 0.500. The van der Waals surface area contributed by atoms with E-state index < -0.39 is 11.8 Å². The van der Waals surface area contributed by atoms with Crippen LogP contribution in [0.5, 0.6) is 5.75 Å². The Balaban J connectivity index is 1.48. The van der Waals surface area contributed by atoms with Gasteiger partial charge in [-0.3, -0.25) is 0 Å². The highest BCUT2D eigenvalue weighted by molar-refractivity contribution is 5.91. The molecule has 4 heteroatoms. The van der Waals surface area contributed by atoms with Gasteiger partial charge in [0.25, 0.3) is 0 Å². The van der Waals surface area contributed by atoms with Gasteiger partial charge >= 0.3 is 5.97 Å². The van der Waals surface area contributed by atoms with Gasteiger partial charge in [0.1, 0.15) is 17.6 Å². The lowest BCUT2D eigenvalue weighted by molar-refractivity contribution is 0.0734. The van der Waals surface area contributed by atoms with Crippen molar-refractivity contribution in [1.29, 1.82) is 5.26 Å². The van der Waals surface area contributed by atoms with E-state index in [0.29, 0.717) is 11.5 Å². The van der Waals surface area contributed by atoms with Gasteiger partial charge in [0.2, 0.25) is 0 Å². The maximum Gasteiger partial charge on any atom is 0.343 e. The standard InChI is InChI=1S/C28H34FNO2/c1-3-4-5-6-21-7-11-23(12-8-21)20(2)17-22-9-13-24(14-10-22)28(31)32-26-16-15-25(19-30)27(29)18-26/h9-10,13-16,18,20-21,23H,3-8,11-12,17H2,1-2H3. The van der Waals surface area contributed by atoms with E-state index in [2.05, 4.69) is 13.8 Å². The molecular weight excluding hydrogens is 401 g/mol. The molecule has 0 saturated heterocycles. The molecule has 0 spiro atoms. The number of nitrogens with zero attached hydrogens (tertiary/aromatic N) is 1. The van der Waals surface area contributed by atoms with Gasteiger partial charge in [0.15, 0.2) is 0 Å². The fourth-order valence-electron chi connectivity index (χ4n) is 4.86. The average molecular weight is 436 g/mol. The van der Waals surface area contributed by atoms with Gasteiger partial charge in [-0.1, -0.05) is 64.5 Å². The minimum Gasteiger partial charge on any atom is -0.423 e. The monoisotopic (exact) mass is 435 g/mol. The van der Waals surface area contributed by atoms with Crippen LogP contribution in [0.3, 0.4) is 0 Å². The Labute approximate surface area is 191 Å². The Morgan fingerprint density at radius 2 is 1.84 bits per heavy atom. The summed E-state index contributed by atoms with van der Waals surface area (Å²) in [6, 6.07) is 13.1. The molecule has 1 saturated carbocycles. The number of carbonyl (C=O) groups excluding carboxylic acids is 1. The lowest BCUT2D eigenvalue weighted by Gasteiger charge is -2.32. The molecule has 1 atom stereocenters. The zero-order chi connectivity index (χ0) is 22.9. The number of benzene rings is 2. The third kappa shape index (κ3) is 6.66. The van der Waals surface area contributed by atoms with Crippen LogP contribution in [0.15, 0.2) is 42.5 Å². The van der Waals surface area contributed by atoms with Gasteiger partial charge in [-0.25, -0.2) is 9.18 Å². The number of carbonyl (C=O) groups is 1. The van der Waals surface area contributed by atoms with Crippen LogP contribution in [0.1, 0.15) is 86.7 Å². The summed E-state index contributed by atoms with van der Waals surface area (Å²) in [5.41, 5.74) is 1.58. The fourth-order valence-corrected chi connectivity index (χ4v) is 4.86. The molecule has 1 fully saturated rings. The smallest absolute Gasteiger partial charge is 0.343 e. The molecule has 0 radical (unpaired) electrons. The van der Waals surface area contributed by atoms with Gasteiger partial charge in [0, 0.05) is 6.07 Å². The number of nitriles is 1. The summed E-state index contributed by atoms with van der Waals surface area (Å²) in [4.78, 5) is 12.4. The van der Waals surface area contributed by atoms with Crippen LogP contribution in [-0.4, -0.2) is 5.97 Å². The van der Waals surface area contributed by atoms with Crippen molar-refractivity contribution in [2.24, 2.45) is 17.8 Å². The molecule has 0 N–H and O–H groups in total. The van der Waals surface area contributed by atoms with Gasteiger partial charge in [-0.2, -0.15) is 5.26 Å². The second-order valence-electron chi connectivity index (χ2n) is 9.30. The molecular formula is C28H34FNO2. The van der Waals surface area contributed by atoms with Crippen LogP contribution in [0.2, 0.25) is 0 Å². The normalized spacial score (nSPS) is 19.2. The summed E-state index contributed by atoms with van der Waals surface area (Å²) >= 11 is 0. The van der Waals surface area contributed by atoms with E-state index in [1.54, 1.807) is 18.2 Å². The number of halogens is 1. The van der Waals surface area contributed by atoms with Gasteiger partial charge in [-0.15, -0.1) is 0 Å². The van der Waals surface area contributed by atoms with Crippen molar-refractivity contribution in [2.75, 3.05) is 0 Å². The quantitative estimate of drug-likeness (QED) is 0.233. The van der Waals surface area contributed by atoms with Crippen LogP contribution < -0.4 is 4.74 Å². The second kappa shape index (κ2) is 11.8. The zero-order valence-corrected chi connectivity index (χ0v) is 19.3. The Morgan fingerprint density at radius 1 is 1.12 bits per heavy atom. The predicted octanol–water partition coefficient (Wildman–Crippen LogP) is 7.48. The third-order valence-electron chi connectivity index (χ3n) is 6.93. The molecule has 3 rings (SSSR count). The summed E-state index contributed by atoms with van der Waals surface area (Å²) in [5.74, 6) is 1.21. The molecule has 2 aromatic carbocycles. The van der Waals surface area contributed by atoms with Crippen molar-refractivity contribution < 1.29 is 13.9 Å². The van der Waals surface area contributed by atoms with Crippen molar-refractivity contribution in [3.63, 3.8) is 0 Å². The zero-order valence-electron chi connectivity index (χ0n) is 19.3. The molecule has 0 bridgehead atoms. The van der Waals surface area contributed by atoms with Crippen molar-refractivity contribution in [3.05, 3.63) is 65.0 Å². The van der Waals surface area contributed by atoms with Crippen molar-refractivity contribution >= 4 is 5.97 Å². The van der Waals surface area contributed by atoms with Crippen molar-refractivity contribution in [2.45, 2.75) is 71.6 Å². The highest BCUT2D eigenvalue weighted by atomic mass is 19.1. The van der Waals surface area contributed by atoms with Gasteiger partial charge in [0.05, 0.1) is 11.1 Å². The molecule has 32 heavy (non-hydrogen) atoms. The molecule has 1 aliphatic carbocycles.